The van der Waals surface area contributed by atoms with Gasteiger partial charge in [0.1, 0.15) is 11.8 Å². The van der Waals surface area contributed by atoms with Crippen LogP contribution in [0, 0.1) is 5.92 Å². The van der Waals surface area contributed by atoms with E-state index >= 15 is 0 Å². The predicted octanol–water partition coefficient (Wildman–Crippen LogP) is 3.27. The monoisotopic (exact) mass is 479 g/mol. The fourth-order valence-electron chi connectivity index (χ4n) is 4.16. The van der Waals surface area contributed by atoms with Crippen molar-refractivity contribution in [3.63, 3.8) is 0 Å². The third-order valence-corrected chi connectivity index (χ3v) is 6.32. The van der Waals surface area contributed by atoms with Crippen LogP contribution in [0.2, 0.25) is 10.0 Å². The number of phenolic OH excluding ortho intramolecular Hbond substituents is 1. The molecule has 0 radical (unpaired) electrons. The van der Waals surface area contributed by atoms with Gasteiger partial charge in [-0.05, 0) is 48.4 Å². The Kier molecular flexibility index (Phi) is 8.37. The van der Waals surface area contributed by atoms with Crippen molar-refractivity contribution < 1.29 is 19.5 Å². The minimum Gasteiger partial charge on any atom is -0.508 e. The number of carbonyl (C=O) groups is 2. The maximum atomic E-state index is 13.3. The first-order chi connectivity index (χ1) is 15.3. The summed E-state index contributed by atoms with van der Waals surface area (Å²) in [6.07, 6.45) is 2.49. The van der Waals surface area contributed by atoms with Crippen LogP contribution >= 0.6 is 23.2 Å². The van der Waals surface area contributed by atoms with Crippen LogP contribution in [0.1, 0.15) is 36.5 Å². The normalized spacial score (nSPS) is 15.1. The zero-order valence-corrected chi connectivity index (χ0v) is 19.2. The summed E-state index contributed by atoms with van der Waals surface area (Å²) in [5.41, 5.74) is 2.82. The Balaban J connectivity index is 1.81. The van der Waals surface area contributed by atoms with E-state index in [1.54, 1.807) is 0 Å². The summed E-state index contributed by atoms with van der Waals surface area (Å²) in [5, 5.41) is 16.9. The van der Waals surface area contributed by atoms with E-state index in [1.807, 2.05) is 19.1 Å². The number of amides is 1. The lowest BCUT2D eigenvalue weighted by atomic mass is 9.94. The number of benzene rings is 2. The average Bonchev–Trinajstić information content (AvgIpc) is 3.18. The Morgan fingerprint density at radius 2 is 1.88 bits per heavy atom. The summed E-state index contributed by atoms with van der Waals surface area (Å²) in [4.78, 5) is 29.7. The summed E-state index contributed by atoms with van der Waals surface area (Å²) in [6.45, 7) is 2.05. The zero-order chi connectivity index (χ0) is 23.3. The fraction of sp³-hybridized carbons (Fsp3) is 0.391. The van der Waals surface area contributed by atoms with Gasteiger partial charge >= 0.3 is 5.97 Å². The zero-order valence-electron chi connectivity index (χ0n) is 17.7. The molecule has 5 N–H and O–H groups in total. The lowest BCUT2D eigenvalue weighted by Gasteiger charge is -2.26. The second-order valence-corrected chi connectivity index (χ2v) is 8.81. The highest BCUT2D eigenvalue weighted by Crippen LogP contribution is 2.32. The number of phenols is 1. The van der Waals surface area contributed by atoms with E-state index in [9.17, 15) is 14.7 Å². The number of hydrogen-bond donors (Lipinski definition) is 4. The molecular formula is C23H27Cl2N3O4. The number of aromatic hydroxyl groups is 1. The summed E-state index contributed by atoms with van der Waals surface area (Å²) in [6, 6.07) is 9.52. The minimum atomic E-state index is -0.835. The second kappa shape index (κ2) is 11.0. The van der Waals surface area contributed by atoms with E-state index in [1.165, 1.54) is 23.3 Å². The van der Waals surface area contributed by atoms with Gasteiger partial charge in [0.2, 0.25) is 5.91 Å². The maximum Gasteiger partial charge on any atom is 0.347 e. The van der Waals surface area contributed by atoms with Gasteiger partial charge in [0.05, 0.1) is 11.1 Å². The molecule has 0 aliphatic heterocycles. The molecule has 32 heavy (non-hydrogen) atoms. The first kappa shape index (κ1) is 24.3. The van der Waals surface area contributed by atoms with Crippen LogP contribution in [0.25, 0.3) is 0 Å². The van der Waals surface area contributed by atoms with Gasteiger partial charge in [-0.15, -0.1) is 0 Å². The molecule has 0 heterocycles. The molecule has 0 bridgehead atoms. The summed E-state index contributed by atoms with van der Waals surface area (Å²) in [7, 11) is 0. The quantitative estimate of drug-likeness (QED) is 0.410. The molecule has 1 aliphatic rings. The molecule has 1 unspecified atom stereocenters. The van der Waals surface area contributed by atoms with Crippen LogP contribution in [0.4, 0.5) is 0 Å². The first-order valence-electron chi connectivity index (χ1n) is 10.5. The van der Waals surface area contributed by atoms with E-state index in [0.717, 1.165) is 0 Å². The van der Waals surface area contributed by atoms with Gasteiger partial charge in [-0.1, -0.05) is 60.8 Å². The highest BCUT2D eigenvalue weighted by atomic mass is 35.5. The molecule has 0 aromatic heterocycles. The Morgan fingerprint density at radius 3 is 2.44 bits per heavy atom. The molecule has 1 aliphatic carbocycles. The van der Waals surface area contributed by atoms with Gasteiger partial charge in [-0.25, -0.2) is 4.79 Å². The van der Waals surface area contributed by atoms with Crippen LogP contribution in [0.3, 0.4) is 0 Å². The van der Waals surface area contributed by atoms with Gasteiger partial charge in [0, 0.05) is 17.1 Å². The number of nitrogens with two attached hydrogens (primary N) is 1. The minimum absolute atomic E-state index is 0.0446. The molecule has 7 nitrogen and oxygen atoms in total. The van der Waals surface area contributed by atoms with E-state index < -0.39 is 18.1 Å². The molecular weight excluding hydrogens is 453 g/mol. The van der Waals surface area contributed by atoms with E-state index in [2.05, 4.69) is 27.6 Å². The van der Waals surface area contributed by atoms with E-state index in [-0.39, 0.29) is 24.1 Å². The van der Waals surface area contributed by atoms with Crippen molar-refractivity contribution in [1.82, 2.24) is 10.6 Å². The lowest BCUT2D eigenvalue weighted by molar-refractivity contribution is -0.149. The number of halogens is 2. The Morgan fingerprint density at radius 1 is 1.22 bits per heavy atom. The Labute approximate surface area is 197 Å². The number of rotatable bonds is 9. The van der Waals surface area contributed by atoms with Crippen LogP contribution in [-0.2, 0) is 33.8 Å². The molecule has 1 amide bonds. The van der Waals surface area contributed by atoms with Gasteiger partial charge < -0.3 is 20.6 Å². The number of carbonyl (C=O) groups excluding carboxylic acids is 2. The molecule has 0 saturated heterocycles. The van der Waals surface area contributed by atoms with Crippen molar-refractivity contribution in [2.24, 2.45) is 11.8 Å². The van der Waals surface area contributed by atoms with E-state index in [0.29, 0.717) is 41.3 Å². The number of fused-ring (bicyclic) bond motifs is 1. The second-order valence-electron chi connectivity index (χ2n) is 7.97. The molecule has 0 fully saturated rings. The number of hydrogen-bond acceptors (Lipinski definition) is 6. The number of nitrogens with one attached hydrogen (secondary N) is 2. The molecule has 2 aromatic carbocycles. The highest BCUT2D eigenvalue weighted by Gasteiger charge is 2.35. The van der Waals surface area contributed by atoms with Gasteiger partial charge in [-0.3, -0.25) is 4.79 Å². The maximum absolute atomic E-state index is 13.3. The smallest absolute Gasteiger partial charge is 0.347 e. The van der Waals surface area contributed by atoms with Crippen molar-refractivity contribution in [2.75, 3.05) is 0 Å². The summed E-state index contributed by atoms with van der Waals surface area (Å²) >= 11 is 12.2. The standard InChI is InChI=1S/C23H27Cl2N3O4/c1-2-5-19(23(31)32-26)28-22(30)21(15-8-13-6-3-4-7-14(13)9-15)27-12-17-18(25)10-16(24)11-20(17)29/h3-4,6-7,10-11,15,19,21,27,29H,2,5,8-9,12,26H2,1H3,(H,28,30)/t19-,21?/m1/s1. The fourth-order valence-corrected chi connectivity index (χ4v) is 4.71. The average molecular weight is 480 g/mol. The molecule has 9 heteroatoms. The Bertz CT molecular complexity index is 937. The summed E-state index contributed by atoms with van der Waals surface area (Å²) in [5.74, 6) is 3.92. The van der Waals surface area contributed by atoms with E-state index in [4.69, 9.17) is 29.1 Å². The molecule has 0 spiro atoms. The van der Waals surface area contributed by atoms with Crippen LogP contribution in [-0.4, -0.2) is 29.1 Å². The van der Waals surface area contributed by atoms with Crippen molar-refractivity contribution in [3.8, 4) is 5.75 Å². The third-order valence-electron chi connectivity index (χ3n) is 5.77. The van der Waals surface area contributed by atoms with Crippen LogP contribution in [0.5, 0.6) is 5.75 Å². The first-order valence-corrected chi connectivity index (χ1v) is 11.3. The van der Waals surface area contributed by atoms with Gasteiger partial charge in [0.25, 0.3) is 0 Å². The van der Waals surface area contributed by atoms with Crippen LogP contribution < -0.4 is 16.5 Å². The third kappa shape index (κ3) is 5.72. The molecule has 3 rings (SSSR count). The predicted molar refractivity (Wildman–Crippen MR) is 123 cm³/mol. The SMILES string of the molecule is CCC[C@@H](NC(=O)C(NCc1c(O)cc(Cl)cc1Cl)C1Cc2ccccc2C1)C(=O)ON. The van der Waals surface area contributed by atoms with Crippen molar-refractivity contribution >= 4 is 35.1 Å². The Hall–Kier alpha value is -2.32. The van der Waals surface area contributed by atoms with Crippen molar-refractivity contribution in [1.29, 1.82) is 0 Å². The van der Waals surface area contributed by atoms with Crippen molar-refractivity contribution in [3.05, 3.63) is 63.1 Å². The molecule has 2 atom stereocenters. The molecule has 172 valence electrons. The largest absolute Gasteiger partial charge is 0.508 e. The lowest BCUT2D eigenvalue weighted by Crippen LogP contribution is -2.53. The summed E-state index contributed by atoms with van der Waals surface area (Å²) < 4.78 is 0. The van der Waals surface area contributed by atoms with Gasteiger partial charge in [0.15, 0.2) is 0 Å². The van der Waals surface area contributed by atoms with Crippen molar-refractivity contribution in [2.45, 2.75) is 51.2 Å². The molecule has 2 aromatic rings. The van der Waals surface area contributed by atoms with Gasteiger partial charge in [-0.2, -0.15) is 5.90 Å². The topological polar surface area (TPSA) is 114 Å². The highest BCUT2D eigenvalue weighted by molar-refractivity contribution is 6.35. The molecule has 0 saturated carbocycles. The van der Waals surface area contributed by atoms with Crippen LogP contribution in [0.15, 0.2) is 36.4 Å².